The van der Waals surface area contributed by atoms with Crippen LogP contribution in [0, 0.1) is 11.8 Å². The molecule has 3 nitrogen and oxygen atoms in total. The van der Waals surface area contributed by atoms with Gasteiger partial charge in [0.15, 0.2) is 5.78 Å². The van der Waals surface area contributed by atoms with Gasteiger partial charge in [-0.2, -0.15) is 0 Å². The van der Waals surface area contributed by atoms with Gasteiger partial charge in [-0.1, -0.05) is 18.6 Å². The largest absolute Gasteiger partial charge is 0.481 e. The molecule has 0 aromatic carbocycles. The Morgan fingerprint density at radius 1 is 1.44 bits per heavy atom. The lowest BCUT2D eigenvalue weighted by Crippen LogP contribution is -2.19. The van der Waals surface area contributed by atoms with E-state index in [0.717, 1.165) is 35.1 Å². The molecule has 0 amide bonds. The highest BCUT2D eigenvalue weighted by Gasteiger charge is 2.30. The number of fused-ring (bicyclic) bond motifs is 1. The summed E-state index contributed by atoms with van der Waals surface area (Å²) in [6, 6.07) is 0. The van der Waals surface area contributed by atoms with Crippen molar-refractivity contribution in [3.8, 4) is 0 Å². The molecule has 1 N–H and O–H groups in total. The molecule has 0 saturated heterocycles. The summed E-state index contributed by atoms with van der Waals surface area (Å²) in [5, 5.41) is 9.13. The monoisotopic (exact) mass is 246 g/mol. The first-order valence-electron chi connectivity index (χ1n) is 6.29. The summed E-state index contributed by atoms with van der Waals surface area (Å²) in [6.45, 7) is 5.62. The van der Waals surface area contributed by atoms with E-state index in [4.69, 9.17) is 5.11 Å². The summed E-state index contributed by atoms with van der Waals surface area (Å²) < 4.78 is 0. The van der Waals surface area contributed by atoms with Crippen molar-refractivity contribution in [3.63, 3.8) is 0 Å². The van der Waals surface area contributed by atoms with Crippen LogP contribution in [0.15, 0.2) is 34.4 Å². The van der Waals surface area contributed by atoms with Gasteiger partial charge in [-0.15, -0.1) is 0 Å². The molecule has 0 aliphatic heterocycles. The molecule has 0 aromatic rings. The molecule has 96 valence electrons. The summed E-state index contributed by atoms with van der Waals surface area (Å²) >= 11 is 0. The Hall–Kier alpha value is -1.64. The topological polar surface area (TPSA) is 54.4 Å². The maximum atomic E-state index is 11.9. The molecule has 0 heterocycles. The molecule has 2 aliphatic carbocycles. The van der Waals surface area contributed by atoms with E-state index >= 15 is 0 Å². The Morgan fingerprint density at radius 3 is 2.72 bits per heavy atom. The fourth-order valence-electron chi connectivity index (χ4n) is 2.71. The van der Waals surface area contributed by atoms with Gasteiger partial charge in [-0.3, -0.25) is 9.59 Å². The summed E-state index contributed by atoms with van der Waals surface area (Å²) in [7, 11) is 0. The Bertz CT molecular complexity index is 506. The van der Waals surface area contributed by atoms with Crippen LogP contribution in [0.3, 0.4) is 0 Å². The zero-order chi connectivity index (χ0) is 13.4. The van der Waals surface area contributed by atoms with E-state index in [2.05, 4.69) is 0 Å². The third-order valence-corrected chi connectivity index (χ3v) is 3.98. The molecule has 18 heavy (non-hydrogen) atoms. The second kappa shape index (κ2) is 4.56. The number of aliphatic carboxylic acids is 1. The molecule has 0 bridgehead atoms. The van der Waals surface area contributed by atoms with Crippen molar-refractivity contribution in [1.29, 1.82) is 0 Å². The SMILES string of the molecule is CC1=CC(=O)C2=C(C)CC[C@H]([C@@H](C)C(=O)O)C=C12. The number of carbonyl (C=O) groups is 2. The first-order chi connectivity index (χ1) is 8.41. The number of hydrogen-bond acceptors (Lipinski definition) is 2. The lowest BCUT2D eigenvalue weighted by Gasteiger charge is -2.16. The van der Waals surface area contributed by atoms with E-state index < -0.39 is 11.9 Å². The standard InChI is InChI=1S/C15H18O3/c1-8-4-5-11(10(3)15(17)18)7-12-9(2)6-13(16)14(8)12/h6-7,10-11H,4-5H2,1-3H3,(H,17,18)/t10-,11+/m1/s1. The van der Waals surface area contributed by atoms with Crippen LogP contribution in [0.2, 0.25) is 0 Å². The molecule has 2 rings (SSSR count). The van der Waals surface area contributed by atoms with Gasteiger partial charge in [-0.25, -0.2) is 0 Å². The number of carboxylic acids is 1. The van der Waals surface area contributed by atoms with Gasteiger partial charge >= 0.3 is 5.97 Å². The minimum Gasteiger partial charge on any atom is -0.481 e. The van der Waals surface area contributed by atoms with Crippen molar-refractivity contribution < 1.29 is 14.7 Å². The average Bonchev–Trinajstić information content (AvgIpc) is 2.48. The van der Waals surface area contributed by atoms with Crippen LogP contribution in [-0.4, -0.2) is 16.9 Å². The van der Waals surface area contributed by atoms with Crippen LogP contribution < -0.4 is 0 Å². The second-order valence-electron chi connectivity index (χ2n) is 5.26. The molecule has 0 fully saturated rings. The van der Waals surface area contributed by atoms with E-state index in [0.29, 0.717) is 0 Å². The predicted molar refractivity (Wildman–Crippen MR) is 69.1 cm³/mol. The Morgan fingerprint density at radius 2 is 2.11 bits per heavy atom. The van der Waals surface area contributed by atoms with E-state index in [1.54, 1.807) is 13.0 Å². The highest BCUT2D eigenvalue weighted by Crippen LogP contribution is 2.38. The van der Waals surface area contributed by atoms with Crippen molar-refractivity contribution in [2.45, 2.75) is 33.6 Å². The van der Waals surface area contributed by atoms with E-state index in [1.807, 2.05) is 19.9 Å². The number of ketones is 1. The van der Waals surface area contributed by atoms with Crippen LogP contribution in [-0.2, 0) is 9.59 Å². The van der Waals surface area contributed by atoms with E-state index in [9.17, 15) is 9.59 Å². The highest BCUT2D eigenvalue weighted by molar-refractivity contribution is 6.13. The van der Waals surface area contributed by atoms with Crippen molar-refractivity contribution >= 4 is 11.8 Å². The molecular formula is C15H18O3. The van der Waals surface area contributed by atoms with E-state index in [-0.39, 0.29) is 11.7 Å². The first-order valence-corrected chi connectivity index (χ1v) is 6.29. The number of rotatable bonds is 2. The molecular weight excluding hydrogens is 228 g/mol. The molecule has 0 saturated carbocycles. The Labute approximate surface area is 107 Å². The predicted octanol–water partition coefficient (Wildman–Crippen LogP) is 2.89. The molecule has 3 heteroatoms. The van der Waals surface area contributed by atoms with Crippen LogP contribution in [0.5, 0.6) is 0 Å². The van der Waals surface area contributed by atoms with Crippen molar-refractivity contribution in [1.82, 2.24) is 0 Å². The minimum atomic E-state index is -0.774. The lowest BCUT2D eigenvalue weighted by atomic mass is 9.88. The summed E-state index contributed by atoms with van der Waals surface area (Å²) in [6.07, 6.45) is 5.23. The van der Waals surface area contributed by atoms with Crippen LogP contribution in [0.1, 0.15) is 33.6 Å². The molecule has 2 aliphatic rings. The van der Waals surface area contributed by atoms with Gasteiger partial charge in [0, 0.05) is 5.57 Å². The minimum absolute atomic E-state index is 0.000741. The lowest BCUT2D eigenvalue weighted by molar-refractivity contribution is -0.142. The van der Waals surface area contributed by atoms with Crippen LogP contribution in [0.4, 0.5) is 0 Å². The van der Waals surface area contributed by atoms with Crippen LogP contribution in [0.25, 0.3) is 0 Å². The molecule has 2 atom stereocenters. The number of allylic oxidation sites excluding steroid dienone is 6. The maximum absolute atomic E-state index is 11.9. The first kappa shape index (κ1) is 12.8. The fraction of sp³-hybridized carbons (Fsp3) is 0.467. The average molecular weight is 246 g/mol. The smallest absolute Gasteiger partial charge is 0.306 e. The fourth-order valence-corrected chi connectivity index (χ4v) is 2.71. The Kier molecular flexibility index (Phi) is 3.24. The summed E-state index contributed by atoms with van der Waals surface area (Å²) in [5.41, 5.74) is 3.79. The zero-order valence-electron chi connectivity index (χ0n) is 11.0. The van der Waals surface area contributed by atoms with Gasteiger partial charge in [0.2, 0.25) is 0 Å². The number of carboxylic acid groups (broad SMARTS) is 1. The maximum Gasteiger partial charge on any atom is 0.306 e. The second-order valence-corrected chi connectivity index (χ2v) is 5.26. The molecule has 0 unspecified atom stereocenters. The van der Waals surface area contributed by atoms with Gasteiger partial charge < -0.3 is 5.11 Å². The normalized spacial score (nSPS) is 25.3. The zero-order valence-corrected chi connectivity index (χ0v) is 11.0. The van der Waals surface area contributed by atoms with Crippen molar-refractivity contribution in [3.05, 3.63) is 34.4 Å². The summed E-state index contributed by atoms with van der Waals surface area (Å²) in [5.74, 6) is -1.11. The van der Waals surface area contributed by atoms with Gasteiger partial charge in [0.05, 0.1) is 5.92 Å². The van der Waals surface area contributed by atoms with Gasteiger partial charge in [0.1, 0.15) is 0 Å². The Balaban J connectivity index is 2.42. The molecule has 0 radical (unpaired) electrons. The van der Waals surface area contributed by atoms with Gasteiger partial charge in [-0.05, 0) is 49.8 Å². The van der Waals surface area contributed by atoms with Gasteiger partial charge in [0.25, 0.3) is 0 Å². The van der Waals surface area contributed by atoms with Crippen LogP contribution >= 0.6 is 0 Å². The summed E-state index contributed by atoms with van der Waals surface area (Å²) in [4.78, 5) is 23.0. The molecule has 0 spiro atoms. The highest BCUT2D eigenvalue weighted by atomic mass is 16.4. The van der Waals surface area contributed by atoms with Crippen molar-refractivity contribution in [2.24, 2.45) is 11.8 Å². The quantitative estimate of drug-likeness (QED) is 0.815. The molecule has 0 aromatic heterocycles. The van der Waals surface area contributed by atoms with Crippen molar-refractivity contribution in [2.75, 3.05) is 0 Å². The third kappa shape index (κ3) is 2.05. The third-order valence-electron chi connectivity index (χ3n) is 3.98. The van der Waals surface area contributed by atoms with E-state index in [1.165, 1.54) is 0 Å². The number of carbonyl (C=O) groups excluding carboxylic acids is 1. The number of hydrogen-bond donors (Lipinski definition) is 1.